The van der Waals surface area contributed by atoms with Crippen molar-refractivity contribution in [3.8, 4) is 0 Å². The van der Waals surface area contributed by atoms with Crippen molar-refractivity contribution in [3.63, 3.8) is 0 Å². The zero-order valence-corrected chi connectivity index (χ0v) is 21.0. The number of hydrogen-bond donors (Lipinski definition) is 2. The number of aliphatic hydroxyl groups excluding tert-OH is 1. The van der Waals surface area contributed by atoms with E-state index in [1.807, 2.05) is 10.8 Å². The first-order chi connectivity index (χ1) is 17.0. The summed E-state index contributed by atoms with van der Waals surface area (Å²) < 4.78 is 1.90. The van der Waals surface area contributed by atoms with E-state index in [0.29, 0.717) is 24.4 Å². The Kier molecular flexibility index (Phi) is 7.32. The first kappa shape index (κ1) is 24.2. The molecule has 8 nitrogen and oxygen atoms in total. The smallest absolute Gasteiger partial charge is 0.260 e. The van der Waals surface area contributed by atoms with E-state index >= 15 is 0 Å². The number of unbranched alkanes of at least 4 members (excludes halogenated alkanes) is 1. The SMILES string of the molecule is CCCCNc1ncc2c3ccc(CN4CCN(C)CC4)cc3c(=O)n(C3CCC(O)CC3)c2n1. The number of hydrogen-bond acceptors (Lipinski definition) is 7. The lowest BCUT2D eigenvalue weighted by Gasteiger charge is -2.32. The van der Waals surface area contributed by atoms with Gasteiger partial charge < -0.3 is 15.3 Å². The summed E-state index contributed by atoms with van der Waals surface area (Å²) >= 11 is 0. The number of anilines is 1. The average molecular weight is 479 g/mol. The highest BCUT2D eigenvalue weighted by molar-refractivity contribution is 6.04. The summed E-state index contributed by atoms with van der Waals surface area (Å²) in [6.45, 7) is 8.06. The molecule has 0 unspecified atom stereocenters. The second kappa shape index (κ2) is 10.6. The van der Waals surface area contributed by atoms with E-state index in [0.717, 1.165) is 81.1 Å². The zero-order chi connectivity index (χ0) is 24.4. The van der Waals surface area contributed by atoms with E-state index in [2.05, 4.69) is 52.3 Å². The second-order valence-corrected chi connectivity index (χ2v) is 10.3. The molecule has 0 bridgehead atoms. The third-order valence-electron chi connectivity index (χ3n) is 7.67. The number of aliphatic hydroxyl groups is 1. The Morgan fingerprint density at radius 1 is 1.06 bits per heavy atom. The number of benzene rings is 1. The van der Waals surface area contributed by atoms with Crippen molar-refractivity contribution in [1.29, 1.82) is 0 Å². The quantitative estimate of drug-likeness (QED) is 0.398. The van der Waals surface area contributed by atoms with Crippen LogP contribution in [-0.4, -0.2) is 75.3 Å². The van der Waals surface area contributed by atoms with Gasteiger partial charge in [-0.3, -0.25) is 14.3 Å². The van der Waals surface area contributed by atoms with Crippen molar-refractivity contribution in [3.05, 3.63) is 40.3 Å². The molecule has 1 saturated heterocycles. The minimum absolute atomic E-state index is 0.0207. The van der Waals surface area contributed by atoms with Crippen LogP contribution >= 0.6 is 0 Å². The number of nitrogens with one attached hydrogen (secondary N) is 1. The van der Waals surface area contributed by atoms with Gasteiger partial charge in [0.2, 0.25) is 5.95 Å². The van der Waals surface area contributed by atoms with Crippen molar-refractivity contribution in [2.24, 2.45) is 0 Å². The fourth-order valence-corrected chi connectivity index (χ4v) is 5.46. The van der Waals surface area contributed by atoms with E-state index < -0.39 is 0 Å². The molecule has 3 aromatic rings. The Hall–Kier alpha value is -2.55. The zero-order valence-electron chi connectivity index (χ0n) is 21.0. The maximum absolute atomic E-state index is 14.0. The molecule has 0 spiro atoms. The van der Waals surface area contributed by atoms with Crippen molar-refractivity contribution in [2.75, 3.05) is 45.1 Å². The number of nitrogens with zero attached hydrogens (tertiary/aromatic N) is 5. The molecule has 188 valence electrons. The Morgan fingerprint density at radius 3 is 2.57 bits per heavy atom. The molecule has 5 rings (SSSR count). The Labute approximate surface area is 207 Å². The monoisotopic (exact) mass is 478 g/mol. The lowest BCUT2D eigenvalue weighted by Crippen LogP contribution is -2.43. The molecule has 0 amide bonds. The summed E-state index contributed by atoms with van der Waals surface area (Å²) in [6, 6.07) is 6.34. The van der Waals surface area contributed by atoms with Crippen LogP contribution < -0.4 is 10.9 Å². The van der Waals surface area contributed by atoms with E-state index in [4.69, 9.17) is 4.98 Å². The van der Waals surface area contributed by atoms with Gasteiger partial charge in [0.1, 0.15) is 5.65 Å². The molecule has 1 aliphatic carbocycles. The van der Waals surface area contributed by atoms with Gasteiger partial charge in [-0.05, 0) is 56.2 Å². The number of fused-ring (bicyclic) bond motifs is 3. The third kappa shape index (κ3) is 5.20. The average Bonchev–Trinajstić information content (AvgIpc) is 2.87. The van der Waals surface area contributed by atoms with Gasteiger partial charge in [-0.25, -0.2) is 4.98 Å². The molecule has 8 heteroatoms. The van der Waals surface area contributed by atoms with E-state index in [-0.39, 0.29) is 17.7 Å². The van der Waals surface area contributed by atoms with Crippen molar-refractivity contribution < 1.29 is 5.11 Å². The van der Waals surface area contributed by atoms with Crippen LogP contribution in [0.15, 0.2) is 29.2 Å². The van der Waals surface area contributed by atoms with Crippen LogP contribution in [0, 0.1) is 0 Å². The van der Waals surface area contributed by atoms with Gasteiger partial charge in [0.15, 0.2) is 0 Å². The van der Waals surface area contributed by atoms with E-state index in [1.54, 1.807) is 0 Å². The summed E-state index contributed by atoms with van der Waals surface area (Å²) in [7, 11) is 2.16. The lowest BCUT2D eigenvalue weighted by atomic mass is 9.92. The minimum Gasteiger partial charge on any atom is -0.393 e. The molecule has 1 saturated carbocycles. The molecule has 1 aliphatic heterocycles. The van der Waals surface area contributed by atoms with Crippen LogP contribution in [0.4, 0.5) is 5.95 Å². The van der Waals surface area contributed by atoms with Crippen LogP contribution in [0.5, 0.6) is 0 Å². The minimum atomic E-state index is -0.273. The second-order valence-electron chi connectivity index (χ2n) is 10.3. The summed E-state index contributed by atoms with van der Waals surface area (Å²) in [5.74, 6) is 0.570. The third-order valence-corrected chi connectivity index (χ3v) is 7.67. The standard InChI is InChI=1S/C27H38N6O2/c1-3-4-11-28-27-29-17-24-22-10-5-19(18-32-14-12-31(2)13-15-32)16-23(22)26(35)33(25(24)30-27)20-6-8-21(34)9-7-20/h5,10,16-17,20-21,34H,3-4,6-9,11-15,18H2,1-2H3,(H,28,29,30). The Bertz CT molecular complexity index is 1230. The molecule has 0 atom stereocenters. The number of piperazine rings is 1. The van der Waals surface area contributed by atoms with Gasteiger partial charge in [-0.1, -0.05) is 25.5 Å². The molecular formula is C27H38N6O2. The molecular weight excluding hydrogens is 440 g/mol. The molecule has 1 aromatic carbocycles. The molecule has 2 aromatic heterocycles. The summed E-state index contributed by atoms with van der Waals surface area (Å²) in [4.78, 5) is 28.2. The Morgan fingerprint density at radius 2 is 1.83 bits per heavy atom. The van der Waals surface area contributed by atoms with Crippen molar-refractivity contribution in [1.82, 2.24) is 24.3 Å². The van der Waals surface area contributed by atoms with Crippen LogP contribution in [0.3, 0.4) is 0 Å². The van der Waals surface area contributed by atoms with E-state index in [1.165, 1.54) is 5.56 Å². The topological polar surface area (TPSA) is 86.5 Å². The predicted octanol–water partition coefficient (Wildman–Crippen LogP) is 3.38. The normalized spacial score (nSPS) is 22.1. The summed E-state index contributed by atoms with van der Waals surface area (Å²) in [6.07, 6.45) is 6.73. The van der Waals surface area contributed by atoms with Gasteiger partial charge in [-0.15, -0.1) is 0 Å². The maximum Gasteiger partial charge on any atom is 0.260 e. The molecule has 35 heavy (non-hydrogen) atoms. The molecule has 0 radical (unpaired) electrons. The largest absolute Gasteiger partial charge is 0.393 e. The molecule has 2 fully saturated rings. The first-order valence-electron chi connectivity index (χ1n) is 13.2. The Balaban J connectivity index is 1.57. The van der Waals surface area contributed by atoms with Gasteiger partial charge in [0.25, 0.3) is 5.56 Å². The van der Waals surface area contributed by atoms with Crippen LogP contribution in [0.1, 0.15) is 57.1 Å². The molecule has 2 N–H and O–H groups in total. The van der Waals surface area contributed by atoms with Gasteiger partial charge in [0.05, 0.1) is 6.10 Å². The van der Waals surface area contributed by atoms with Crippen molar-refractivity contribution >= 4 is 27.8 Å². The van der Waals surface area contributed by atoms with Crippen LogP contribution in [0.25, 0.3) is 21.8 Å². The number of likely N-dealkylation sites (N-methyl/N-ethyl adjacent to an activating group) is 1. The summed E-state index contributed by atoms with van der Waals surface area (Å²) in [5, 5.41) is 16.0. The van der Waals surface area contributed by atoms with Crippen molar-refractivity contribution in [2.45, 2.75) is 64.1 Å². The van der Waals surface area contributed by atoms with Crippen LogP contribution in [-0.2, 0) is 6.54 Å². The summed E-state index contributed by atoms with van der Waals surface area (Å²) in [5.41, 5.74) is 1.89. The number of aromatic nitrogens is 3. The highest BCUT2D eigenvalue weighted by atomic mass is 16.3. The highest BCUT2D eigenvalue weighted by Crippen LogP contribution is 2.32. The highest BCUT2D eigenvalue weighted by Gasteiger charge is 2.25. The van der Waals surface area contributed by atoms with Crippen LogP contribution in [0.2, 0.25) is 0 Å². The lowest BCUT2D eigenvalue weighted by molar-refractivity contribution is 0.111. The maximum atomic E-state index is 14.0. The van der Waals surface area contributed by atoms with Gasteiger partial charge in [0, 0.05) is 62.3 Å². The first-order valence-corrected chi connectivity index (χ1v) is 13.2. The molecule has 2 aliphatic rings. The fraction of sp³-hybridized carbons (Fsp3) is 0.593. The van der Waals surface area contributed by atoms with E-state index in [9.17, 15) is 9.90 Å². The molecule has 3 heterocycles. The predicted molar refractivity (Wildman–Crippen MR) is 141 cm³/mol. The van der Waals surface area contributed by atoms with Gasteiger partial charge in [-0.2, -0.15) is 4.98 Å². The number of pyridine rings is 1. The fourth-order valence-electron chi connectivity index (χ4n) is 5.46. The number of rotatable bonds is 7. The van der Waals surface area contributed by atoms with Gasteiger partial charge >= 0.3 is 0 Å².